The van der Waals surface area contributed by atoms with E-state index in [1.165, 1.54) is 0 Å². The van der Waals surface area contributed by atoms with Gasteiger partial charge in [0.25, 0.3) is 0 Å². The van der Waals surface area contributed by atoms with Gasteiger partial charge in [0, 0.05) is 50.7 Å². The summed E-state index contributed by atoms with van der Waals surface area (Å²) in [6, 6.07) is 11.9. The molecule has 1 amide bonds. The number of hydrogen-bond donors (Lipinski definition) is 1. The summed E-state index contributed by atoms with van der Waals surface area (Å²) in [5.41, 5.74) is 3.16. The first kappa shape index (κ1) is 17.4. The van der Waals surface area contributed by atoms with E-state index in [4.69, 9.17) is 0 Å². The van der Waals surface area contributed by atoms with Crippen molar-refractivity contribution in [2.75, 3.05) is 31.1 Å². The number of aliphatic hydroxyl groups is 1. The molecule has 2 heterocycles. The number of rotatable bonds is 5. The highest BCUT2D eigenvalue weighted by Crippen LogP contribution is 2.17. The van der Waals surface area contributed by atoms with Gasteiger partial charge in [-0.05, 0) is 36.6 Å². The van der Waals surface area contributed by atoms with Gasteiger partial charge in [0.05, 0.1) is 6.10 Å². The summed E-state index contributed by atoms with van der Waals surface area (Å²) in [7, 11) is 0. The SMILES string of the molecule is CC(O)c1cccc(CCC(=O)N2CCN(c3ccncc3)CC2)c1. The summed E-state index contributed by atoms with van der Waals surface area (Å²) in [5, 5.41) is 9.66. The van der Waals surface area contributed by atoms with E-state index in [2.05, 4.69) is 9.88 Å². The minimum atomic E-state index is -0.475. The maximum Gasteiger partial charge on any atom is 0.223 e. The molecule has 1 fully saturated rings. The van der Waals surface area contributed by atoms with Crippen LogP contribution >= 0.6 is 0 Å². The van der Waals surface area contributed by atoms with Crippen molar-refractivity contribution in [3.63, 3.8) is 0 Å². The lowest BCUT2D eigenvalue weighted by Gasteiger charge is -2.36. The molecule has 0 aliphatic carbocycles. The number of carbonyl (C=O) groups is 1. The fraction of sp³-hybridized carbons (Fsp3) is 0.400. The zero-order chi connectivity index (χ0) is 17.6. The summed E-state index contributed by atoms with van der Waals surface area (Å²) in [5.74, 6) is 0.205. The molecule has 5 heteroatoms. The molecule has 1 unspecified atom stereocenters. The van der Waals surface area contributed by atoms with E-state index in [9.17, 15) is 9.90 Å². The van der Waals surface area contributed by atoms with Crippen LogP contribution in [-0.2, 0) is 11.2 Å². The third-order valence-electron chi connectivity index (χ3n) is 4.72. The molecule has 1 aromatic carbocycles. The van der Waals surface area contributed by atoms with Gasteiger partial charge in [-0.3, -0.25) is 9.78 Å². The Kier molecular flexibility index (Phi) is 5.66. The topological polar surface area (TPSA) is 56.7 Å². The largest absolute Gasteiger partial charge is 0.389 e. The van der Waals surface area contributed by atoms with Gasteiger partial charge in [0.1, 0.15) is 0 Å². The Bertz CT molecular complexity index is 695. The second kappa shape index (κ2) is 8.12. The van der Waals surface area contributed by atoms with E-state index in [-0.39, 0.29) is 5.91 Å². The number of nitrogens with zero attached hydrogens (tertiary/aromatic N) is 3. The molecule has 1 aromatic heterocycles. The monoisotopic (exact) mass is 339 g/mol. The number of aliphatic hydroxyl groups excluding tert-OH is 1. The lowest BCUT2D eigenvalue weighted by molar-refractivity contribution is -0.131. The maximum absolute atomic E-state index is 12.5. The first-order valence-electron chi connectivity index (χ1n) is 8.83. The van der Waals surface area contributed by atoms with Gasteiger partial charge in [-0.15, -0.1) is 0 Å². The van der Waals surface area contributed by atoms with Crippen LogP contribution in [0.4, 0.5) is 5.69 Å². The summed E-state index contributed by atoms with van der Waals surface area (Å²) >= 11 is 0. The van der Waals surface area contributed by atoms with Crippen LogP contribution in [0.1, 0.15) is 30.6 Å². The summed E-state index contributed by atoms with van der Waals surface area (Å²) in [6.07, 6.45) is 4.35. The highest BCUT2D eigenvalue weighted by molar-refractivity contribution is 5.76. The van der Waals surface area contributed by atoms with Crippen molar-refractivity contribution >= 4 is 11.6 Å². The molecular weight excluding hydrogens is 314 g/mol. The first-order chi connectivity index (χ1) is 12.1. The molecule has 3 rings (SSSR count). The van der Waals surface area contributed by atoms with Gasteiger partial charge in [-0.2, -0.15) is 0 Å². The van der Waals surface area contributed by atoms with Gasteiger partial charge in [0.15, 0.2) is 0 Å². The molecular formula is C20H25N3O2. The first-order valence-corrected chi connectivity index (χ1v) is 8.83. The molecule has 1 N–H and O–H groups in total. The Labute approximate surface area is 148 Å². The number of pyridine rings is 1. The van der Waals surface area contributed by atoms with Gasteiger partial charge in [-0.25, -0.2) is 0 Å². The lowest BCUT2D eigenvalue weighted by atomic mass is 10.0. The molecule has 5 nitrogen and oxygen atoms in total. The number of carbonyl (C=O) groups excluding carboxylic acids is 1. The quantitative estimate of drug-likeness (QED) is 0.909. The minimum absolute atomic E-state index is 0.205. The third-order valence-corrected chi connectivity index (χ3v) is 4.72. The van der Waals surface area contributed by atoms with E-state index in [0.29, 0.717) is 12.8 Å². The van der Waals surface area contributed by atoms with Crippen molar-refractivity contribution in [2.45, 2.75) is 25.9 Å². The maximum atomic E-state index is 12.5. The average molecular weight is 339 g/mol. The lowest BCUT2D eigenvalue weighted by Crippen LogP contribution is -2.48. The standard InChI is InChI=1S/C20H25N3O2/c1-16(24)18-4-2-3-17(15-18)5-6-20(25)23-13-11-22(12-14-23)19-7-9-21-10-8-19/h2-4,7-10,15-16,24H,5-6,11-14H2,1H3. The second-order valence-electron chi connectivity index (χ2n) is 6.49. The van der Waals surface area contributed by atoms with Gasteiger partial charge in [-0.1, -0.05) is 24.3 Å². The highest BCUT2D eigenvalue weighted by Gasteiger charge is 2.21. The van der Waals surface area contributed by atoms with E-state index in [1.54, 1.807) is 19.3 Å². The molecule has 25 heavy (non-hydrogen) atoms. The van der Waals surface area contributed by atoms with Crippen LogP contribution in [0.5, 0.6) is 0 Å². The molecule has 0 spiro atoms. The van der Waals surface area contributed by atoms with Gasteiger partial charge < -0.3 is 14.9 Å². The number of aryl methyl sites for hydroxylation is 1. The van der Waals surface area contributed by atoms with Crippen molar-refractivity contribution in [1.82, 2.24) is 9.88 Å². The second-order valence-corrected chi connectivity index (χ2v) is 6.49. The van der Waals surface area contributed by atoms with E-state index in [1.807, 2.05) is 41.3 Å². The summed E-state index contributed by atoms with van der Waals surface area (Å²) in [6.45, 7) is 4.98. The number of hydrogen-bond acceptors (Lipinski definition) is 4. The Balaban J connectivity index is 1.49. The summed E-state index contributed by atoms with van der Waals surface area (Å²) < 4.78 is 0. The Hall–Kier alpha value is -2.40. The van der Waals surface area contributed by atoms with Crippen LogP contribution in [0.2, 0.25) is 0 Å². The Morgan fingerprint density at radius 2 is 1.88 bits per heavy atom. The van der Waals surface area contributed by atoms with Crippen LogP contribution in [0.25, 0.3) is 0 Å². The molecule has 1 aliphatic heterocycles. The molecule has 2 aromatic rings. The predicted octanol–water partition coefficient (Wildman–Crippen LogP) is 2.42. The number of aromatic nitrogens is 1. The molecule has 1 saturated heterocycles. The van der Waals surface area contributed by atoms with E-state index < -0.39 is 6.10 Å². The number of anilines is 1. The molecule has 0 radical (unpaired) electrons. The number of piperazine rings is 1. The van der Waals surface area contributed by atoms with E-state index >= 15 is 0 Å². The molecule has 1 aliphatic rings. The van der Waals surface area contributed by atoms with Crippen LogP contribution < -0.4 is 4.90 Å². The number of benzene rings is 1. The Morgan fingerprint density at radius 1 is 1.16 bits per heavy atom. The van der Waals surface area contributed by atoms with Crippen molar-refractivity contribution < 1.29 is 9.90 Å². The molecule has 0 saturated carbocycles. The minimum Gasteiger partial charge on any atom is -0.389 e. The average Bonchev–Trinajstić information content (AvgIpc) is 2.67. The molecule has 1 atom stereocenters. The van der Waals surface area contributed by atoms with Crippen molar-refractivity contribution in [3.8, 4) is 0 Å². The zero-order valence-electron chi connectivity index (χ0n) is 14.6. The zero-order valence-corrected chi connectivity index (χ0v) is 14.6. The van der Waals surface area contributed by atoms with Crippen molar-refractivity contribution in [1.29, 1.82) is 0 Å². The van der Waals surface area contributed by atoms with Crippen LogP contribution in [0.15, 0.2) is 48.8 Å². The van der Waals surface area contributed by atoms with Crippen LogP contribution in [-0.4, -0.2) is 47.1 Å². The predicted molar refractivity (Wildman–Crippen MR) is 98.4 cm³/mol. The Morgan fingerprint density at radius 3 is 2.56 bits per heavy atom. The van der Waals surface area contributed by atoms with Crippen LogP contribution in [0.3, 0.4) is 0 Å². The van der Waals surface area contributed by atoms with Crippen molar-refractivity contribution in [3.05, 3.63) is 59.9 Å². The fourth-order valence-corrected chi connectivity index (χ4v) is 3.19. The van der Waals surface area contributed by atoms with Gasteiger partial charge >= 0.3 is 0 Å². The van der Waals surface area contributed by atoms with Gasteiger partial charge in [0.2, 0.25) is 5.91 Å². The molecule has 132 valence electrons. The van der Waals surface area contributed by atoms with Crippen LogP contribution in [0, 0.1) is 0 Å². The van der Waals surface area contributed by atoms with E-state index in [0.717, 1.165) is 43.0 Å². The summed E-state index contributed by atoms with van der Waals surface area (Å²) in [4.78, 5) is 20.8. The third kappa shape index (κ3) is 4.57. The smallest absolute Gasteiger partial charge is 0.223 e. The molecule has 0 bridgehead atoms. The number of amides is 1. The highest BCUT2D eigenvalue weighted by atomic mass is 16.3. The van der Waals surface area contributed by atoms with Crippen molar-refractivity contribution in [2.24, 2.45) is 0 Å². The normalized spacial score (nSPS) is 15.9. The fourth-order valence-electron chi connectivity index (χ4n) is 3.19.